The Kier molecular flexibility index (Phi) is 12.2. The van der Waals surface area contributed by atoms with Gasteiger partial charge in [-0.2, -0.15) is 0 Å². The molecular formula is C26H17BiF20O4P4. The molecule has 0 saturated carbocycles. The first kappa shape index (κ1) is 47.4. The molecule has 0 amide bonds. The van der Waals surface area contributed by atoms with Crippen LogP contribution < -0.4 is 9.81 Å². The number of hydrogen-bond donors (Lipinski definition) is 0. The summed E-state index contributed by atoms with van der Waals surface area (Å²) in [6.45, 7) is 0. The molecule has 4 unspecified atom stereocenters. The van der Waals surface area contributed by atoms with Crippen molar-refractivity contribution in [3.8, 4) is 0 Å². The minimum atomic E-state index is -12.2. The van der Waals surface area contributed by atoms with Gasteiger partial charge in [0, 0.05) is 0 Å². The fourth-order valence-corrected chi connectivity index (χ4v) is 187. The summed E-state index contributed by atoms with van der Waals surface area (Å²) in [5.41, 5.74) is -32.5. The second-order valence-electron chi connectivity index (χ2n) is 11.0. The molecule has 3 aromatic carbocycles. The Morgan fingerprint density at radius 2 is 0.564 bits per heavy atom. The van der Waals surface area contributed by atoms with E-state index in [2.05, 4.69) is 0 Å². The first-order valence-corrected chi connectivity index (χ1v) is 36.1. The van der Waals surface area contributed by atoms with Gasteiger partial charge in [-0.1, -0.05) is 0 Å². The predicted molar refractivity (Wildman–Crippen MR) is 161 cm³/mol. The summed E-state index contributed by atoms with van der Waals surface area (Å²) >= 11 is -12.2. The average Bonchev–Trinajstić information content (AvgIpc) is 3.07. The van der Waals surface area contributed by atoms with Gasteiger partial charge in [0.25, 0.3) is 0 Å². The molecule has 0 aliphatic carbocycles. The number of hydrogen-bond acceptors (Lipinski definition) is 4. The molecule has 0 heterocycles. The Hall–Kier alpha value is -1.94. The van der Waals surface area contributed by atoms with E-state index >= 15 is 44.3 Å². The zero-order valence-electron chi connectivity index (χ0n) is 25.7. The van der Waals surface area contributed by atoms with E-state index in [9.17, 15) is 61.8 Å². The van der Waals surface area contributed by atoms with Crippen molar-refractivity contribution in [1.82, 2.24) is 0 Å². The molecular weight excluding hydrogens is 1090 g/mol. The van der Waals surface area contributed by atoms with E-state index in [1.54, 1.807) is 0 Å². The molecule has 0 aromatic heterocycles. The number of rotatable bonds is 11. The van der Waals surface area contributed by atoms with E-state index in [4.69, 9.17) is 0 Å². The Bertz CT molecular complexity index is 1850. The van der Waals surface area contributed by atoms with Crippen LogP contribution >= 0.6 is 23.2 Å². The molecule has 0 saturated heterocycles. The molecule has 3 aromatic rings. The molecule has 0 spiro atoms. The zero-order valence-corrected chi connectivity index (χ0v) is 33.0. The number of benzene rings is 3. The van der Waals surface area contributed by atoms with Crippen LogP contribution in [0.25, 0.3) is 0 Å². The van der Waals surface area contributed by atoms with Crippen molar-refractivity contribution in [2.24, 2.45) is 0 Å². The zero-order chi connectivity index (χ0) is 42.9. The first-order valence-electron chi connectivity index (χ1n) is 13.8. The number of halogens is 20. The van der Waals surface area contributed by atoms with Gasteiger partial charge in [0.05, 0.1) is 0 Å². The average molecular weight is 1110 g/mol. The fraction of sp³-hybridized carbons (Fsp3) is 0.308. The maximum absolute atomic E-state index is 16.6. The molecule has 55 heavy (non-hydrogen) atoms. The summed E-state index contributed by atoms with van der Waals surface area (Å²) in [6.07, 6.45) is -32.0. The van der Waals surface area contributed by atoms with Gasteiger partial charge in [-0.3, -0.25) is 0 Å². The standard InChI is InChI=1S/3C6H5.2C4HF10O2P2.Bi/c3*1-2-4-6-5-3-1;2*5-1(6,7)3(11,12)17(15)18(16)4(13,14)2(8,9)10;/h3*1-5H;2*17H;/q;;;2*+1;-2. The van der Waals surface area contributed by atoms with Gasteiger partial charge in [-0.25, -0.2) is 0 Å². The van der Waals surface area contributed by atoms with E-state index in [1.165, 1.54) is 0 Å². The first-order chi connectivity index (χ1) is 24.5. The molecule has 29 heteroatoms. The third-order valence-electron chi connectivity index (χ3n) is 8.08. The van der Waals surface area contributed by atoms with Crippen molar-refractivity contribution in [1.29, 1.82) is 0 Å². The van der Waals surface area contributed by atoms with Crippen molar-refractivity contribution >= 4 is 50.7 Å². The van der Waals surface area contributed by atoms with Crippen molar-refractivity contribution in [3.63, 3.8) is 0 Å². The Morgan fingerprint density at radius 3 is 0.727 bits per heavy atom. The van der Waals surface area contributed by atoms with Crippen LogP contribution in [0.5, 0.6) is 0 Å². The second kappa shape index (κ2) is 14.1. The number of alkyl halides is 20. The Morgan fingerprint density at radius 1 is 0.364 bits per heavy atom. The van der Waals surface area contributed by atoms with Crippen LogP contribution in [-0.2, 0) is 18.3 Å². The summed E-state index contributed by atoms with van der Waals surface area (Å²) in [6, 6.07) is -0.443. The van der Waals surface area contributed by atoms with E-state index < -0.39 is 134 Å². The topological polar surface area (TPSA) is 68.3 Å². The quantitative estimate of drug-likeness (QED) is 0.109. The van der Waals surface area contributed by atoms with E-state index in [0.29, 0.717) is 18.2 Å². The molecule has 3 rings (SSSR count). The van der Waals surface area contributed by atoms with Gasteiger partial charge in [-0.15, -0.1) is 0 Å². The Labute approximate surface area is 294 Å². The molecule has 4 nitrogen and oxygen atoms in total. The van der Waals surface area contributed by atoms with Gasteiger partial charge in [0.2, 0.25) is 0 Å². The van der Waals surface area contributed by atoms with E-state index in [-0.39, 0.29) is 36.4 Å². The third kappa shape index (κ3) is 5.95. The normalized spacial score (nSPS) is 18.7. The molecule has 0 radical (unpaired) electrons. The molecule has 4 atom stereocenters. The van der Waals surface area contributed by atoms with Crippen molar-refractivity contribution in [2.75, 3.05) is 0 Å². The molecule has 0 aliphatic heterocycles. The van der Waals surface area contributed by atoms with Crippen LogP contribution in [0.1, 0.15) is 0 Å². The molecule has 0 aliphatic rings. The van der Waals surface area contributed by atoms with Crippen LogP contribution in [0.4, 0.5) is 87.8 Å². The Balaban J connectivity index is 3.38. The van der Waals surface area contributed by atoms with Gasteiger partial charge >= 0.3 is 295 Å². The van der Waals surface area contributed by atoms with Gasteiger partial charge < -0.3 is 0 Å². The molecule has 0 N–H and O–H groups in total. The van der Waals surface area contributed by atoms with Gasteiger partial charge in [0.15, 0.2) is 0 Å². The summed E-state index contributed by atoms with van der Waals surface area (Å²) < 4.78 is 331. The molecule has 0 bridgehead atoms. The van der Waals surface area contributed by atoms with Crippen LogP contribution in [0.2, 0.25) is 0 Å². The molecule has 310 valence electrons. The van der Waals surface area contributed by atoms with Crippen LogP contribution in [0, 0.1) is 0 Å². The van der Waals surface area contributed by atoms with Crippen molar-refractivity contribution in [3.05, 3.63) is 91.0 Å². The third-order valence-corrected chi connectivity index (χ3v) is 136. The van der Waals surface area contributed by atoms with E-state index in [1.807, 2.05) is 0 Å². The second-order valence-corrected chi connectivity index (χ2v) is 76.3. The SMILES string of the molecule is O=[PH](C(F)(F)C(F)(F)F)[P](=O)(C(F)(F)C(F)(F)F)[Bi]([c]1ccccc1)([c]1ccccc1)([c]1ccccc1)[P](=O)([PH](=O)C(F)(F)C(F)(F)F)C(F)(F)C(F)(F)F. The van der Waals surface area contributed by atoms with Crippen LogP contribution in [0.15, 0.2) is 91.0 Å². The van der Waals surface area contributed by atoms with Crippen molar-refractivity contribution < 1.29 is 106 Å². The summed E-state index contributed by atoms with van der Waals surface area (Å²) in [4.78, 5) is 0. The minimum absolute atomic E-state index is 0.0972. The molecule has 0 fully saturated rings. The van der Waals surface area contributed by atoms with Crippen molar-refractivity contribution in [2.45, 2.75) is 47.4 Å². The van der Waals surface area contributed by atoms with E-state index in [0.717, 1.165) is 0 Å². The maximum atomic E-state index is 16.6. The monoisotopic (exact) mass is 1110 g/mol. The fourth-order valence-electron chi connectivity index (χ4n) is 5.80. The summed E-state index contributed by atoms with van der Waals surface area (Å²) in [5, 5.41) is 0. The van der Waals surface area contributed by atoms with Crippen LogP contribution in [0.3, 0.4) is 0 Å². The van der Waals surface area contributed by atoms with Crippen LogP contribution in [-0.4, -0.2) is 65.0 Å². The predicted octanol–water partition coefficient (Wildman–Crippen LogP) is 11.4. The van der Waals surface area contributed by atoms with Gasteiger partial charge in [-0.05, 0) is 0 Å². The summed E-state index contributed by atoms with van der Waals surface area (Å²) in [5.74, 6) is 0. The van der Waals surface area contributed by atoms with Gasteiger partial charge in [0.1, 0.15) is 0 Å². The summed E-state index contributed by atoms with van der Waals surface area (Å²) in [7, 11) is -17.0.